The monoisotopic (exact) mass is 541 g/mol. The fourth-order valence-electron chi connectivity index (χ4n) is 3.75. The maximum absolute atomic E-state index is 13.5. The smallest absolute Gasteiger partial charge is 0.273 e. The summed E-state index contributed by atoms with van der Waals surface area (Å²) in [6.45, 7) is 0. The number of aromatic nitrogens is 1. The maximum Gasteiger partial charge on any atom is 0.273 e. The van der Waals surface area contributed by atoms with E-state index < -0.39 is 17.3 Å². The topological polar surface area (TPSA) is 88.0 Å². The van der Waals surface area contributed by atoms with Crippen LogP contribution in [0.25, 0.3) is 28.7 Å². The summed E-state index contributed by atoms with van der Waals surface area (Å²) in [6, 6.07) is 26.5. The number of nitriles is 1. The third-order valence-corrected chi connectivity index (χ3v) is 6.95. The van der Waals surface area contributed by atoms with Crippen LogP contribution in [0.4, 0.5) is 10.1 Å². The second-order valence-corrected chi connectivity index (χ2v) is 9.46. The molecule has 1 N–H and O–H groups in total. The van der Waals surface area contributed by atoms with Crippen LogP contribution in [0, 0.1) is 17.1 Å². The highest BCUT2D eigenvalue weighted by molar-refractivity contribution is 7.07. The van der Waals surface area contributed by atoms with Crippen molar-refractivity contribution in [3.05, 3.63) is 127 Å². The Balaban J connectivity index is 1.66. The second-order valence-electron chi connectivity index (χ2n) is 8.02. The number of para-hydroxylation sites is 1. The Morgan fingerprint density at radius 2 is 1.71 bits per heavy atom. The van der Waals surface area contributed by atoms with Crippen LogP contribution in [0.5, 0.6) is 0 Å². The van der Waals surface area contributed by atoms with Gasteiger partial charge in [-0.1, -0.05) is 41.9 Å². The molecule has 5 rings (SSSR count). The number of hydrogen-bond donors (Lipinski definition) is 1. The fourth-order valence-corrected chi connectivity index (χ4v) is 5.06. The average Bonchev–Trinajstić information content (AvgIpc) is 3.51. The third-order valence-electron chi connectivity index (χ3n) is 5.53. The summed E-state index contributed by atoms with van der Waals surface area (Å²) >= 11 is 7.27. The molecule has 2 aromatic heterocycles. The van der Waals surface area contributed by atoms with Crippen molar-refractivity contribution in [1.29, 1.82) is 5.26 Å². The van der Waals surface area contributed by atoms with Gasteiger partial charge in [-0.05, 0) is 60.7 Å². The number of thiazole rings is 1. The van der Waals surface area contributed by atoms with E-state index in [0.29, 0.717) is 33.5 Å². The number of amides is 1. The van der Waals surface area contributed by atoms with Gasteiger partial charge in [-0.25, -0.2) is 4.39 Å². The number of carbonyl (C=O) groups excluding carboxylic acids is 1. The molecule has 38 heavy (non-hydrogen) atoms. The minimum Gasteiger partial charge on any atom is -0.457 e. The Morgan fingerprint density at radius 3 is 2.42 bits per heavy atom. The number of nitrogens with zero attached hydrogens (tertiary/aromatic N) is 2. The van der Waals surface area contributed by atoms with E-state index in [9.17, 15) is 19.2 Å². The minimum absolute atomic E-state index is 0.146. The zero-order chi connectivity index (χ0) is 26.6. The van der Waals surface area contributed by atoms with E-state index in [0.717, 1.165) is 11.3 Å². The van der Waals surface area contributed by atoms with Crippen LogP contribution in [0.15, 0.2) is 100 Å². The van der Waals surface area contributed by atoms with Gasteiger partial charge in [0.25, 0.3) is 11.5 Å². The van der Waals surface area contributed by atoms with Crippen molar-refractivity contribution in [2.24, 2.45) is 0 Å². The van der Waals surface area contributed by atoms with Crippen LogP contribution in [0.3, 0.4) is 0 Å². The Kier molecular flexibility index (Phi) is 7.05. The van der Waals surface area contributed by atoms with E-state index in [1.54, 1.807) is 54.6 Å². The summed E-state index contributed by atoms with van der Waals surface area (Å²) in [5.41, 5.74) is 0.816. The number of halogens is 2. The van der Waals surface area contributed by atoms with Crippen LogP contribution in [-0.2, 0) is 4.79 Å². The van der Waals surface area contributed by atoms with Gasteiger partial charge in [0, 0.05) is 17.3 Å². The molecule has 6 nitrogen and oxygen atoms in total. The highest BCUT2D eigenvalue weighted by atomic mass is 35.5. The van der Waals surface area contributed by atoms with Crippen LogP contribution >= 0.6 is 22.9 Å². The normalized spacial score (nSPS) is 12.2. The molecule has 0 aliphatic heterocycles. The molecule has 0 fully saturated rings. The number of furan rings is 1. The number of rotatable bonds is 5. The lowest BCUT2D eigenvalue weighted by atomic mass is 10.2. The minimum atomic E-state index is -0.726. The number of carbonyl (C=O) groups is 1. The SMILES string of the molecule is N#C/C(C(=O)Nc1ccc(F)cc1)=c1/s/c(=C\c2ccc(-c3ccccc3Cl)o2)c(=O)n1-c1ccccc1. The average molecular weight is 542 g/mol. The Morgan fingerprint density at radius 1 is 1.00 bits per heavy atom. The molecule has 0 saturated heterocycles. The van der Waals surface area contributed by atoms with Gasteiger partial charge < -0.3 is 9.73 Å². The van der Waals surface area contributed by atoms with Gasteiger partial charge >= 0.3 is 0 Å². The van der Waals surface area contributed by atoms with E-state index in [1.165, 1.54) is 28.8 Å². The molecule has 186 valence electrons. The van der Waals surface area contributed by atoms with Gasteiger partial charge in [-0.3, -0.25) is 14.2 Å². The van der Waals surface area contributed by atoms with Crippen molar-refractivity contribution >= 4 is 46.2 Å². The van der Waals surface area contributed by atoms with Crippen molar-refractivity contribution in [3.63, 3.8) is 0 Å². The lowest BCUT2D eigenvalue weighted by molar-refractivity contribution is -0.111. The largest absolute Gasteiger partial charge is 0.457 e. The van der Waals surface area contributed by atoms with Crippen LogP contribution in [0.2, 0.25) is 5.02 Å². The summed E-state index contributed by atoms with van der Waals surface area (Å²) in [5, 5.41) is 13.0. The first kappa shape index (κ1) is 25.0. The Labute approximate surface area is 224 Å². The molecule has 0 atom stereocenters. The van der Waals surface area contributed by atoms with Crippen molar-refractivity contribution in [1.82, 2.24) is 4.57 Å². The Bertz CT molecular complexity index is 1870. The molecule has 3 aromatic carbocycles. The summed E-state index contributed by atoms with van der Waals surface area (Å²) in [5.74, 6) is -0.251. The molecule has 0 bridgehead atoms. The van der Waals surface area contributed by atoms with Gasteiger partial charge in [0.2, 0.25) is 0 Å². The van der Waals surface area contributed by atoms with Crippen molar-refractivity contribution in [3.8, 4) is 23.1 Å². The maximum atomic E-state index is 13.5. The molecule has 0 aliphatic rings. The Hall–Kier alpha value is -4.71. The van der Waals surface area contributed by atoms with Crippen molar-refractivity contribution in [2.75, 3.05) is 5.32 Å². The fraction of sp³-hybridized carbons (Fsp3) is 0. The number of nitrogens with one attached hydrogen (secondary N) is 1. The van der Waals surface area contributed by atoms with Crippen LogP contribution in [-0.4, -0.2) is 10.5 Å². The van der Waals surface area contributed by atoms with Gasteiger partial charge in [-0.15, -0.1) is 11.3 Å². The molecule has 0 saturated carbocycles. The highest BCUT2D eigenvalue weighted by Crippen LogP contribution is 2.29. The predicted molar refractivity (Wildman–Crippen MR) is 146 cm³/mol. The molecule has 5 aromatic rings. The third kappa shape index (κ3) is 5.06. The van der Waals surface area contributed by atoms with Crippen molar-refractivity contribution in [2.45, 2.75) is 0 Å². The van der Waals surface area contributed by atoms with E-state index in [4.69, 9.17) is 16.0 Å². The first-order valence-electron chi connectivity index (χ1n) is 11.3. The molecular formula is C29H17ClFN3O3S. The predicted octanol–water partition coefficient (Wildman–Crippen LogP) is 5.09. The first-order chi connectivity index (χ1) is 18.4. The molecule has 0 spiro atoms. The lowest BCUT2D eigenvalue weighted by Gasteiger charge is -2.05. The molecular weight excluding hydrogens is 525 g/mol. The summed E-state index contributed by atoms with van der Waals surface area (Å²) in [7, 11) is 0. The quantitative estimate of drug-likeness (QED) is 0.335. The summed E-state index contributed by atoms with van der Waals surface area (Å²) in [4.78, 5) is 26.6. The number of benzene rings is 3. The number of anilines is 1. The van der Waals surface area contributed by atoms with Gasteiger partial charge in [0.05, 0.1) is 15.2 Å². The molecule has 2 heterocycles. The second kappa shape index (κ2) is 10.7. The van der Waals surface area contributed by atoms with Crippen LogP contribution in [0.1, 0.15) is 5.76 Å². The van der Waals surface area contributed by atoms with E-state index >= 15 is 0 Å². The molecule has 0 aliphatic carbocycles. The molecule has 1 amide bonds. The van der Waals surface area contributed by atoms with Crippen LogP contribution < -0.4 is 20.1 Å². The first-order valence-corrected chi connectivity index (χ1v) is 12.5. The van der Waals surface area contributed by atoms with Gasteiger partial charge in [0.1, 0.15) is 28.1 Å². The zero-order valence-electron chi connectivity index (χ0n) is 19.5. The molecule has 0 unspecified atom stereocenters. The van der Waals surface area contributed by atoms with Crippen molar-refractivity contribution < 1.29 is 13.6 Å². The van der Waals surface area contributed by atoms with Gasteiger partial charge in [0.15, 0.2) is 5.57 Å². The molecule has 0 radical (unpaired) electrons. The van der Waals surface area contributed by atoms with E-state index in [1.807, 2.05) is 24.3 Å². The summed E-state index contributed by atoms with van der Waals surface area (Å²) < 4.78 is 20.9. The van der Waals surface area contributed by atoms with E-state index in [2.05, 4.69) is 5.32 Å². The highest BCUT2D eigenvalue weighted by Gasteiger charge is 2.18. The van der Waals surface area contributed by atoms with E-state index in [-0.39, 0.29) is 14.8 Å². The number of hydrogen-bond acceptors (Lipinski definition) is 5. The lowest BCUT2D eigenvalue weighted by Crippen LogP contribution is -2.32. The molecule has 9 heteroatoms. The standard InChI is InChI=1S/C29H17ClFN3O3S/c30-24-9-5-4-8-22(24)25-15-14-21(37-25)16-26-28(36)34(20-6-2-1-3-7-20)29(38-26)23(17-32)27(35)33-19-12-10-18(31)11-13-19/h1-16H,(H,33,35)/b26-16-,29-23-. The zero-order valence-corrected chi connectivity index (χ0v) is 21.1. The summed E-state index contributed by atoms with van der Waals surface area (Å²) in [6.07, 6.45) is 1.56. The van der Waals surface area contributed by atoms with Gasteiger partial charge in [-0.2, -0.15) is 5.26 Å².